The summed E-state index contributed by atoms with van der Waals surface area (Å²) in [7, 11) is 0. The van der Waals surface area contributed by atoms with Crippen molar-refractivity contribution in [2.45, 2.75) is 19.8 Å². The van der Waals surface area contributed by atoms with Crippen LogP contribution in [-0.2, 0) is 17.6 Å². The highest BCUT2D eigenvalue weighted by Crippen LogP contribution is 2.18. The zero-order valence-electron chi connectivity index (χ0n) is 13.8. The van der Waals surface area contributed by atoms with Gasteiger partial charge < -0.3 is 15.0 Å². The van der Waals surface area contributed by atoms with Crippen LogP contribution in [0, 0.1) is 0 Å². The summed E-state index contributed by atoms with van der Waals surface area (Å²) in [6.07, 6.45) is 3.12. The van der Waals surface area contributed by atoms with Gasteiger partial charge in [0, 0.05) is 23.6 Å². The van der Waals surface area contributed by atoms with Crippen LogP contribution in [0.2, 0.25) is 0 Å². The fourth-order valence-electron chi connectivity index (χ4n) is 2.78. The second-order valence-corrected chi connectivity index (χ2v) is 5.71. The average molecular weight is 322 g/mol. The van der Waals surface area contributed by atoms with Crippen LogP contribution >= 0.6 is 0 Å². The normalized spacial score (nSPS) is 10.7. The summed E-state index contributed by atoms with van der Waals surface area (Å²) in [5.74, 6) is 0.926. The lowest BCUT2D eigenvalue weighted by Crippen LogP contribution is -2.27. The highest BCUT2D eigenvalue weighted by molar-refractivity contribution is 5.88. The Balaban J connectivity index is 1.49. The molecule has 4 heteroatoms. The molecule has 0 fully saturated rings. The minimum Gasteiger partial charge on any atom is -0.494 e. The van der Waals surface area contributed by atoms with E-state index in [9.17, 15) is 4.79 Å². The molecule has 0 aliphatic carbocycles. The SMILES string of the molecule is CCOc1ccc(CCNC(=O)Cc2c[nH]c3ccccc23)cc1. The van der Waals surface area contributed by atoms with E-state index in [1.54, 1.807) is 0 Å². The van der Waals surface area contributed by atoms with E-state index in [0.717, 1.165) is 28.6 Å². The highest BCUT2D eigenvalue weighted by atomic mass is 16.5. The molecular formula is C20H22N2O2. The molecule has 0 bridgehead atoms. The Morgan fingerprint density at radius 1 is 1.12 bits per heavy atom. The minimum atomic E-state index is 0.0469. The van der Waals surface area contributed by atoms with E-state index >= 15 is 0 Å². The van der Waals surface area contributed by atoms with Gasteiger partial charge in [0.1, 0.15) is 5.75 Å². The third-order valence-corrected chi connectivity index (χ3v) is 4.00. The third-order valence-electron chi connectivity index (χ3n) is 4.00. The molecule has 2 aromatic carbocycles. The molecule has 0 spiro atoms. The van der Waals surface area contributed by atoms with Crippen molar-refractivity contribution in [2.24, 2.45) is 0 Å². The third kappa shape index (κ3) is 3.96. The molecule has 3 rings (SSSR count). The number of H-pyrrole nitrogens is 1. The number of carbonyl (C=O) groups excluding carboxylic acids is 1. The van der Waals surface area contributed by atoms with Crippen LogP contribution in [0.15, 0.2) is 54.7 Å². The molecule has 3 aromatic rings. The molecule has 0 aliphatic heterocycles. The molecule has 1 aromatic heterocycles. The molecule has 0 saturated carbocycles. The summed E-state index contributed by atoms with van der Waals surface area (Å²) in [6, 6.07) is 16.0. The van der Waals surface area contributed by atoms with Crippen LogP contribution in [0.3, 0.4) is 0 Å². The zero-order valence-corrected chi connectivity index (χ0v) is 13.8. The molecular weight excluding hydrogens is 300 g/mol. The first-order chi connectivity index (χ1) is 11.8. The van der Waals surface area contributed by atoms with Crippen molar-refractivity contribution in [3.8, 4) is 5.75 Å². The van der Waals surface area contributed by atoms with Crippen molar-refractivity contribution in [1.29, 1.82) is 0 Å². The van der Waals surface area contributed by atoms with E-state index in [4.69, 9.17) is 4.74 Å². The maximum Gasteiger partial charge on any atom is 0.224 e. The van der Waals surface area contributed by atoms with Crippen molar-refractivity contribution >= 4 is 16.8 Å². The number of nitrogens with one attached hydrogen (secondary N) is 2. The van der Waals surface area contributed by atoms with Gasteiger partial charge in [-0.05, 0) is 42.7 Å². The van der Waals surface area contributed by atoms with Crippen molar-refractivity contribution < 1.29 is 9.53 Å². The van der Waals surface area contributed by atoms with Gasteiger partial charge >= 0.3 is 0 Å². The molecule has 0 unspecified atom stereocenters. The second-order valence-electron chi connectivity index (χ2n) is 5.71. The predicted molar refractivity (Wildman–Crippen MR) is 96.3 cm³/mol. The first kappa shape index (κ1) is 16.1. The van der Waals surface area contributed by atoms with Gasteiger partial charge in [0.25, 0.3) is 0 Å². The number of aromatic amines is 1. The Labute approximate surface area is 141 Å². The summed E-state index contributed by atoms with van der Waals surface area (Å²) in [5.41, 5.74) is 3.28. The van der Waals surface area contributed by atoms with Crippen LogP contribution in [0.4, 0.5) is 0 Å². The number of carbonyl (C=O) groups is 1. The lowest BCUT2D eigenvalue weighted by molar-refractivity contribution is -0.120. The number of amides is 1. The molecule has 1 heterocycles. The van der Waals surface area contributed by atoms with E-state index in [2.05, 4.69) is 10.3 Å². The van der Waals surface area contributed by atoms with Crippen molar-refractivity contribution in [2.75, 3.05) is 13.2 Å². The van der Waals surface area contributed by atoms with E-state index in [1.165, 1.54) is 5.56 Å². The van der Waals surface area contributed by atoms with Crippen LogP contribution in [0.25, 0.3) is 10.9 Å². The van der Waals surface area contributed by atoms with Gasteiger partial charge in [0.2, 0.25) is 5.91 Å². The first-order valence-corrected chi connectivity index (χ1v) is 8.29. The molecule has 1 amide bonds. The molecule has 2 N–H and O–H groups in total. The van der Waals surface area contributed by atoms with Gasteiger partial charge in [-0.25, -0.2) is 0 Å². The van der Waals surface area contributed by atoms with Crippen molar-refractivity contribution in [3.05, 3.63) is 65.9 Å². The van der Waals surface area contributed by atoms with Gasteiger partial charge in [0.05, 0.1) is 13.0 Å². The van der Waals surface area contributed by atoms with Crippen LogP contribution in [-0.4, -0.2) is 24.0 Å². The lowest BCUT2D eigenvalue weighted by Gasteiger charge is -2.07. The smallest absolute Gasteiger partial charge is 0.224 e. The fraction of sp³-hybridized carbons (Fsp3) is 0.250. The Bertz CT molecular complexity index is 806. The maximum atomic E-state index is 12.1. The quantitative estimate of drug-likeness (QED) is 0.700. The topological polar surface area (TPSA) is 54.1 Å². The van der Waals surface area contributed by atoms with Crippen LogP contribution in [0.5, 0.6) is 5.75 Å². The summed E-state index contributed by atoms with van der Waals surface area (Å²) in [4.78, 5) is 15.3. The molecule has 4 nitrogen and oxygen atoms in total. The van der Waals surface area contributed by atoms with Gasteiger partial charge in [0.15, 0.2) is 0 Å². The largest absolute Gasteiger partial charge is 0.494 e. The highest BCUT2D eigenvalue weighted by Gasteiger charge is 2.08. The number of ether oxygens (including phenoxy) is 1. The standard InChI is InChI=1S/C20H22N2O2/c1-2-24-17-9-7-15(8-10-17)11-12-21-20(23)13-16-14-22-19-6-4-3-5-18(16)19/h3-10,14,22H,2,11-13H2,1H3,(H,21,23). The lowest BCUT2D eigenvalue weighted by atomic mass is 10.1. The molecule has 0 saturated heterocycles. The molecule has 0 radical (unpaired) electrons. The van der Waals surface area contributed by atoms with Crippen molar-refractivity contribution in [1.82, 2.24) is 10.3 Å². The number of aromatic nitrogens is 1. The summed E-state index contributed by atoms with van der Waals surface area (Å²) >= 11 is 0. The molecule has 0 atom stereocenters. The number of para-hydroxylation sites is 1. The zero-order chi connectivity index (χ0) is 16.8. The van der Waals surface area contributed by atoms with E-state index < -0.39 is 0 Å². The maximum absolute atomic E-state index is 12.1. The monoisotopic (exact) mass is 322 g/mol. The average Bonchev–Trinajstić information content (AvgIpc) is 3.00. The number of hydrogen-bond donors (Lipinski definition) is 2. The van der Waals surface area contributed by atoms with E-state index in [1.807, 2.05) is 61.7 Å². The van der Waals surface area contributed by atoms with Crippen LogP contribution in [0.1, 0.15) is 18.1 Å². The van der Waals surface area contributed by atoms with Gasteiger partial charge in [-0.3, -0.25) is 4.79 Å². The number of benzene rings is 2. The van der Waals surface area contributed by atoms with Gasteiger partial charge in [-0.2, -0.15) is 0 Å². The van der Waals surface area contributed by atoms with Gasteiger partial charge in [-0.1, -0.05) is 30.3 Å². The molecule has 24 heavy (non-hydrogen) atoms. The van der Waals surface area contributed by atoms with Crippen LogP contribution < -0.4 is 10.1 Å². The Morgan fingerprint density at radius 2 is 1.92 bits per heavy atom. The summed E-state index contributed by atoms with van der Waals surface area (Å²) in [6.45, 7) is 3.27. The minimum absolute atomic E-state index is 0.0469. The summed E-state index contributed by atoms with van der Waals surface area (Å²) in [5, 5.41) is 4.10. The van der Waals surface area contributed by atoms with Crippen molar-refractivity contribution in [3.63, 3.8) is 0 Å². The number of fused-ring (bicyclic) bond motifs is 1. The Kier molecular flexibility index (Phi) is 5.16. The predicted octanol–water partition coefficient (Wildman–Crippen LogP) is 3.47. The molecule has 0 aliphatic rings. The molecule has 124 valence electrons. The van der Waals surface area contributed by atoms with Gasteiger partial charge in [-0.15, -0.1) is 0 Å². The number of rotatable bonds is 7. The first-order valence-electron chi connectivity index (χ1n) is 8.29. The second kappa shape index (κ2) is 7.68. The van der Waals surface area contributed by atoms with E-state index in [-0.39, 0.29) is 5.91 Å². The fourth-order valence-corrected chi connectivity index (χ4v) is 2.78. The van der Waals surface area contributed by atoms with E-state index in [0.29, 0.717) is 19.6 Å². The summed E-state index contributed by atoms with van der Waals surface area (Å²) < 4.78 is 5.42. The number of hydrogen-bond acceptors (Lipinski definition) is 2. The Morgan fingerprint density at radius 3 is 2.71 bits per heavy atom. The Hall–Kier alpha value is -2.75.